The molecule has 0 radical (unpaired) electrons. The van der Waals surface area contributed by atoms with Gasteiger partial charge in [-0.1, -0.05) is 38.5 Å². The van der Waals surface area contributed by atoms with Crippen molar-refractivity contribution in [3.63, 3.8) is 0 Å². The monoisotopic (exact) mass is 251 g/mol. The zero-order chi connectivity index (χ0) is 12.8. The Morgan fingerprint density at radius 2 is 1.94 bits per heavy atom. The number of hydrogen-bond donors (Lipinski definition) is 1. The zero-order valence-electron chi connectivity index (χ0n) is 11.5. The average Bonchev–Trinajstić information content (AvgIpc) is 2.32. The Morgan fingerprint density at radius 3 is 2.53 bits per heavy atom. The highest BCUT2D eigenvalue weighted by molar-refractivity contribution is 8.00. The summed E-state index contributed by atoms with van der Waals surface area (Å²) in [5.74, 6) is 0. The van der Waals surface area contributed by atoms with Crippen LogP contribution >= 0.6 is 11.8 Å². The maximum atomic E-state index is 6.08. The zero-order valence-corrected chi connectivity index (χ0v) is 12.3. The number of aryl methyl sites for hydroxylation is 1. The predicted octanol–water partition coefficient (Wildman–Crippen LogP) is 4.17. The fourth-order valence-electron chi connectivity index (χ4n) is 1.71. The minimum absolute atomic E-state index is 0.285. The summed E-state index contributed by atoms with van der Waals surface area (Å²) in [7, 11) is 0. The van der Waals surface area contributed by atoms with Gasteiger partial charge in [-0.05, 0) is 37.8 Å². The third kappa shape index (κ3) is 4.72. The first-order valence-corrected chi connectivity index (χ1v) is 7.46. The van der Waals surface area contributed by atoms with Gasteiger partial charge in [-0.15, -0.1) is 11.8 Å². The van der Waals surface area contributed by atoms with E-state index in [9.17, 15) is 0 Å². The molecule has 2 unspecified atom stereocenters. The van der Waals surface area contributed by atoms with Crippen LogP contribution in [0.1, 0.15) is 44.7 Å². The van der Waals surface area contributed by atoms with E-state index in [1.807, 2.05) is 11.8 Å². The number of rotatable bonds is 6. The molecule has 0 aromatic heterocycles. The van der Waals surface area contributed by atoms with Crippen molar-refractivity contribution in [2.75, 3.05) is 0 Å². The van der Waals surface area contributed by atoms with Crippen LogP contribution in [0.25, 0.3) is 0 Å². The fraction of sp³-hybridized carbons (Fsp3) is 0.600. The van der Waals surface area contributed by atoms with Crippen LogP contribution in [0.4, 0.5) is 0 Å². The molecule has 0 spiro atoms. The lowest BCUT2D eigenvalue weighted by Crippen LogP contribution is -2.21. The molecule has 2 N–H and O–H groups in total. The average molecular weight is 251 g/mol. The summed E-state index contributed by atoms with van der Waals surface area (Å²) in [6.45, 7) is 8.83. The molecule has 0 aliphatic heterocycles. The molecule has 0 bridgehead atoms. The van der Waals surface area contributed by atoms with E-state index in [0.29, 0.717) is 5.25 Å². The molecule has 0 aliphatic carbocycles. The molecule has 1 aromatic rings. The van der Waals surface area contributed by atoms with E-state index in [4.69, 9.17) is 5.73 Å². The summed E-state index contributed by atoms with van der Waals surface area (Å²) in [4.78, 5) is 1.41. The molecule has 1 rings (SSSR count). The minimum atomic E-state index is 0.285. The van der Waals surface area contributed by atoms with Gasteiger partial charge in [-0.25, -0.2) is 0 Å². The number of nitrogens with two attached hydrogens (primary N) is 1. The highest BCUT2D eigenvalue weighted by Gasteiger charge is 2.10. The van der Waals surface area contributed by atoms with Crippen LogP contribution in [0.5, 0.6) is 0 Å². The predicted molar refractivity (Wildman–Crippen MR) is 78.8 cm³/mol. The van der Waals surface area contributed by atoms with E-state index in [0.717, 1.165) is 12.8 Å². The third-order valence-corrected chi connectivity index (χ3v) is 4.51. The van der Waals surface area contributed by atoms with Crippen molar-refractivity contribution in [2.24, 2.45) is 5.73 Å². The molecule has 0 saturated carbocycles. The Bertz CT molecular complexity index is 349. The molecule has 1 nitrogen and oxygen atoms in total. The topological polar surface area (TPSA) is 26.0 Å². The van der Waals surface area contributed by atoms with Gasteiger partial charge in [0.15, 0.2) is 0 Å². The lowest BCUT2D eigenvalue weighted by molar-refractivity contribution is 0.640. The highest BCUT2D eigenvalue weighted by Crippen LogP contribution is 2.29. The smallest absolute Gasteiger partial charge is 0.0107 e. The van der Waals surface area contributed by atoms with E-state index in [1.54, 1.807) is 0 Å². The summed E-state index contributed by atoms with van der Waals surface area (Å²) in [5, 5.41) is 0.675. The molecular weight excluding hydrogens is 226 g/mol. The van der Waals surface area contributed by atoms with Gasteiger partial charge in [0.2, 0.25) is 0 Å². The van der Waals surface area contributed by atoms with Crippen molar-refractivity contribution in [3.05, 3.63) is 29.3 Å². The molecule has 0 fully saturated rings. The molecule has 17 heavy (non-hydrogen) atoms. The van der Waals surface area contributed by atoms with Crippen LogP contribution in [0.3, 0.4) is 0 Å². The second-order valence-corrected chi connectivity index (χ2v) is 6.30. The van der Waals surface area contributed by atoms with Crippen LogP contribution in [-0.2, 0) is 6.42 Å². The summed E-state index contributed by atoms with van der Waals surface area (Å²) < 4.78 is 0. The van der Waals surface area contributed by atoms with Gasteiger partial charge in [0.25, 0.3) is 0 Å². The number of benzene rings is 1. The van der Waals surface area contributed by atoms with E-state index in [-0.39, 0.29) is 6.04 Å². The van der Waals surface area contributed by atoms with E-state index in [2.05, 4.69) is 45.9 Å². The minimum Gasteiger partial charge on any atom is -0.327 e. The molecule has 2 atom stereocenters. The standard InChI is InChI=1S/C15H25NS/c1-5-12(4)17-15-8-7-11(3)9-13(15)10-14(16)6-2/h7-9,12,14H,5-6,10,16H2,1-4H3. The number of thioether (sulfide) groups is 1. The first-order valence-electron chi connectivity index (χ1n) is 6.58. The van der Waals surface area contributed by atoms with Crippen molar-refractivity contribution < 1.29 is 0 Å². The van der Waals surface area contributed by atoms with Gasteiger partial charge in [-0.2, -0.15) is 0 Å². The molecule has 0 amide bonds. The lowest BCUT2D eigenvalue weighted by Gasteiger charge is -2.16. The molecular formula is C15H25NS. The van der Waals surface area contributed by atoms with Crippen molar-refractivity contribution in [3.8, 4) is 0 Å². The molecule has 0 aliphatic rings. The SMILES string of the molecule is CCC(N)Cc1cc(C)ccc1SC(C)CC. The van der Waals surface area contributed by atoms with Crippen molar-refractivity contribution >= 4 is 11.8 Å². The summed E-state index contributed by atoms with van der Waals surface area (Å²) in [6.07, 6.45) is 3.25. The van der Waals surface area contributed by atoms with E-state index in [1.165, 1.54) is 22.4 Å². The third-order valence-electron chi connectivity index (χ3n) is 3.13. The summed E-state index contributed by atoms with van der Waals surface area (Å²) in [6, 6.07) is 7.03. The van der Waals surface area contributed by atoms with Gasteiger partial charge in [0, 0.05) is 16.2 Å². The molecule has 96 valence electrons. The first kappa shape index (κ1) is 14.6. The van der Waals surface area contributed by atoms with Gasteiger partial charge >= 0.3 is 0 Å². The quantitative estimate of drug-likeness (QED) is 0.768. The van der Waals surface area contributed by atoms with Gasteiger partial charge < -0.3 is 5.73 Å². The maximum Gasteiger partial charge on any atom is 0.0107 e. The van der Waals surface area contributed by atoms with Gasteiger partial charge in [0.05, 0.1) is 0 Å². The van der Waals surface area contributed by atoms with Crippen LogP contribution in [0, 0.1) is 6.92 Å². The molecule has 0 heterocycles. The van der Waals surface area contributed by atoms with Crippen LogP contribution < -0.4 is 5.73 Å². The Balaban J connectivity index is 2.87. The Labute approximate surface area is 110 Å². The van der Waals surface area contributed by atoms with E-state index >= 15 is 0 Å². The van der Waals surface area contributed by atoms with Gasteiger partial charge in [-0.3, -0.25) is 0 Å². The normalized spacial score (nSPS) is 14.6. The molecule has 1 aromatic carbocycles. The fourth-order valence-corrected chi connectivity index (χ4v) is 2.75. The van der Waals surface area contributed by atoms with E-state index < -0.39 is 0 Å². The van der Waals surface area contributed by atoms with Crippen molar-refractivity contribution in [2.45, 2.75) is 63.1 Å². The summed E-state index contributed by atoms with van der Waals surface area (Å²) in [5.41, 5.74) is 8.83. The maximum absolute atomic E-state index is 6.08. The molecule has 2 heteroatoms. The van der Waals surface area contributed by atoms with Crippen LogP contribution in [0.2, 0.25) is 0 Å². The lowest BCUT2D eigenvalue weighted by atomic mass is 10.0. The summed E-state index contributed by atoms with van der Waals surface area (Å²) >= 11 is 1.98. The molecule has 0 saturated heterocycles. The Hall–Kier alpha value is -0.470. The van der Waals surface area contributed by atoms with Crippen LogP contribution in [0.15, 0.2) is 23.1 Å². The largest absolute Gasteiger partial charge is 0.327 e. The van der Waals surface area contributed by atoms with Crippen molar-refractivity contribution in [1.82, 2.24) is 0 Å². The number of hydrogen-bond acceptors (Lipinski definition) is 2. The van der Waals surface area contributed by atoms with Crippen LogP contribution in [-0.4, -0.2) is 11.3 Å². The first-order chi connectivity index (χ1) is 8.06. The Morgan fingerprint density at radius 1 is 1.24 bits per heavy atom. The Kier molecular flexibility index (Phi) is 6.07. The second kappa shape index (κ2) is 7.07. The van der Waals surface area contributed by atoms with Gasteiger partial charge in [0.1, 0.15) is 0 Å². The van der Waals surface area contributed by atoms with Crippen molar-refractivity contribution in [1.29, 1.82) is 0 Å². The highest BCUT2D eigenvalue weighted by atomic mass is 32.2. The second-order valence-electron chi connectivity index (χ2n) is 4.82.